The van der Waals surface area contributed by atoms with E-state index in [1.807, 2.05) is 12.1 Å². The first-order chi connectivity index (χ1) is 9.22. The molecular weight excluding hydrogens is 236 g/mol. The van der Waals surface area contributed by atoms with Gasteiger partial charge in [-0.1, -0.05) is 37.6 Å². The molecule has 2 rings (SSSR count). The van der Waals surface area contributed by atoms with Crippen molar-refractivity contribution in [2.24, 2.45) is 0 Å². The van der Waals surface area contributed by atoms with Gasteiger partial charge in [0.15, 0.2) is 0 Å². The average Bonchev–Trinajstić information content (AvgIpc) is 2.41. The van der Waals surface area contributed by atoms with Crippen molar-refractivity contribution in [2.45, 2.75) is 33.2 Å². The van der Waals surface area contributed by atoms with Crippen molar-refractivity contribution < 1.29 is 0 Å². The lowest BCUT2D eigenvalue weighted by Gasteiger charge is -2.12. The summed E-state index contributed by atoms with van der Waals surface area (Å²) in [5, 5.41) is 3.36. The third kappa shape index (κ3) is 3.22. The molecule has 3 N–H and O–H groups in total. The zero-order valence-corrected chi connectivity index (χ0v) is 11.5. The Morgan fingerprint density at radius 2 is 2.00 bits per heavy atom. The summed E-state index contributed by atoms with van der Waals surface area (Å²) in [6, 6.07) is 8.32. The molecule has 0 amide bonds. The Labute approximate surface area is 114 Å². The van der Waals surface area contributed by atoms with Gasteiger partial charge < -0.3 is 11.1 Å². The van der Waals surface area contributed by atoms with Crippen LogP contribution in [0.2, 0.25) is 0 Å². The summed E-state index contributed by atoms with van der Waals surface area (Å²) in [6.45, 7) is 4.98. The molecule has 0 aliphatic heterocycles. The van der Waals surface area contributed by atoms with Crippen molar-refractivity contribution >= 4 is 11.6 Å². The highest BCUT2D eigenvalue weighted by molar-refractivity contribution is 5.55. The largest absolute Gasteiger partial charge is 0.383 e. The van der Waals surface area contributed by atoms with Crippen LogP contribution in [0.5, 0.6) is 0 Å². The van der Waals surface area contributed by atoms with Gasteiger partial charge in [-0.2, -0.15) is 0 Å². The van der Waals surface area contributed by atoms with Gasteiger partial charge in [0.25, 0.3) is 0 Å². The molecule has 0 fully saturated rings. The SMILES string of the molecule is CCCc1c(N)ncnc1NCc1ccccc1C. The fourth-order valence-corrected chi connectivity index (χ4v) is 2.06. The molecule has 0 saturated carbocycles. The van der Waals surface area contributed by atoms with Crippen LogP contribution in [0.1, 0.15) is 30.0 Å². The number of nitrogens with one attached hydrogen (secondary N) is 1. The van der Waals surface area contributed by atoms with Crippen LogP contribution in [0.25, 0.3) is 0 Å². The molecule has 0 radical (unpaired) electrons. The number of aromatic nitrogens is 2. The maximum absolute atomic E-state index is 5.92. The third-order valence-corrected chi connectivity index (χ3v) is 3.19. The van der Waals surface area contributed by atoms with Crippen molar-refractivity contribution in [1.82, 2.24) is 9.97 Å². The minimum absolute atomic E-state index is 0.573. The minimum atomic E-state index is 0.573. The average molecular weight is 256 g/mol. The molecule has 2 aromatic rings. The van der Waals surface area contributed by atoms with Crippen LogP contribution in [0.15, 0.2) is 30.6 Å². The predicted molar refractivity (Wildman–Crippen MR) is 78.9 cm³/mol. The molecule has 0 unspecified atom stereocenters. The second kappa shape index (κ2) is 6.18. The first-order valence-electron chi connectivity index (χ1n) is 6.60. The van der Waals surface area contributed by atoms with Gasteiger partial charge in [-0.3, -0.25) is 0 Å². The molecule has 1 aromatic heterocycles. The van der Waals surface area contributed by atoms with Gasteiger partial charge in [0.05, 0.1) is 0 Å². The Balaban J connectivity index is 2.16. The van der Waals surface area contributed by atoms with Gasteiger partial charge in [-0.15, -0.1) is 0 Å². The van der Waals surface area contributed by atoms with Crippen LogP contribution in [0.3, 0.4) is 0 Å². The van der Waals surface area contributed by atoms with E-state index in [9.17, 15) is 0 Å². The Kier molecular flexibility index (Phi) is 4.34. The summed E-state index contributed by atoms with van der Waals surface area (Å²) >= 11 is 0. The highest BCUT2D eigenvalue weighted by Crippen LogP contribution is 2.20. The zero-order valence-electron chi connectivity index (χ0n) is 11.5. The van der Waals surface area contributed by atoms with Crippen molar-refractivity contribution in [1.29, 1.82) is 0 Å². The highest BCUT2D eigenvalue weighted by atomic mass is 15.0. The van der Waals surface area contributed by atoms with E-state index in [1.54, 1.807) is 0 Å². The van der Waals surface area contributed by atoms with Crippen molar-refractivity contribution in [3.8, 4) is 0 Å². The Morgan fingerprint density at radius 1 is 1.21 bits per heavy atom. The van der Waals surface area contributed by atoms with E-state index in [4.69, 9.17) is 5.73 Å². The predicted octanol–water partition coefficient (Wildman–Crippen LogP) is 2.93. The van der Waals surface area contributed by atoms with E-state index in [1.165, 1.54) is 17.5 Å². The molecular formula is C15H20N4. The molecule has 0 aliphatic rings. The van der Waals surface area contributed by atoms with Crippen LogP contribution < -0.4 is 11.1 Å². The number of hydrogen-bond acceptors (Lipinski definition) is 4. The van der Waals surface area contributed by atoms with Crippen LogP contribution in [-0.4, -0.2) is 9.97 Å². The molecule has 1 heterocycles. The summed E-state index contributed by atoms with van der Waals surface area (Å²) < 4.78 is 0. The fraction of sp³-hybridized carbons (Fsp3) is 0.333. The van der Waals surface area contributed by atoms with Crippen molar-refractivity contribution in [2.75, 3.05) is 11.1 Å². The number of rotatable bonds is 5. The molecule has 4 nitrogen and oxygen atoms in total. The number of hydrogen-bond donors (Lipinski definition) is 2. The summed E-state index contributed by atoms with van der Waals surface area (Å²) in [5.41, 5.74) is 9.47. The standard InChI is InChI=1S/C15H20N4/c1-3-6-13-14(16)18-10-19-15(13)17-9-12-8-5-4-7-11(12)2/h4-5,7-8,10H,3,6,9H2,1-2H3,(H3,16,17,18,19). The maximum Gasteiger partial charge on any atom is 0.134 e. The van der Waals surface area contributed by atoms with Crippen LogP contribution >= 0.6 is 0 Å². The highest BCUT2D eigenvalue weighted by Gasteiger charge is 2.08. The number of nitrogens with two attached hydrogens (primary N) is 1. The summed E-state index contributed by atoms with van der Waals surface area (Å²) in [7, 11) is 0. The van der Waals surface area contributed by atoms with Gasteiger partial charge in [-0.25, -0.2) is 9.97 Å². The second-order valence-electron chi connectivity index (χ2n) is 4.62. The topological polar surface area (TPSA) is 63.8 Å². The van der Waals surface area contributed by atoms with Crippen LogP contribution in [0.4, 0.5) is 11.6 Å². The molecule has 100 valence electrons. The maximum atomic E-state index is 5.92. The van der Waals surface area contributed by atoms with E-state index in [0.29, 0.717) is 5.82 Å². The summed E-state index contributed by atoms with van der Waals surface area (Å²) in [6.07, 6.45) is 3.42. The quantitative estimate of drug-likeness (QED) is 0.863. The van der Waals surface area contributed by atoms with Gasteiger partial charge in [0.1, 0.15) is 18.0 Å². The van der Waals surface area contributed by atoms with Gasteiger partial charge in [-0.05, 0) is 24.5 Å². The fourth-order valence-electron chi connectivity index (χ4n) is 2.06. The molecule has 0 saturated heterocycles. The molecule has 19 heavy (non-hydrogen) atoms. The van der Waals surface area contributed by atoms with Crippen molar-refractivity contribution in [3.05, 3.63) is 47.3 Å². The van der Waals surface area contributed by atoms with E-state index < -0.39 is 0 Å². The lowest BCUT2D eigenvalue weighted by atomic mass is 10.1. The van der Waals surface area contributed by atoms with E-state index >= 15 is 0 Å². The zero-order chi connectivity index (χ0) is 13.7. The smallest absolute Gasteiger partial charge is 0.134 e. The summed E-state index contributed by atoms with van der Waals surface area (Å²) in [5.74, 6) is 1.42. The number of aryl methyl sites for hydroxylation is 1. The monoisotopic (exact) mass is 256 g/mol. The molecule has 0 aliphatic carbocycles. The first kappa shape index (κ1) is 13.3. The number of benzene rings is 1. The molecule has 0 spiro atoms. The number of nitrogens with zero attached hydrogens (tertiary/aromatic N) is 2. The lowest BCUT2D eigenvalue weighted by Crippen LogP contribution is -2.09. The van der Waals surface area contributed by atoms with E-state index in [2.05, 4.69) is 41.3 Å². The van der Waals surface area contributed by atoms with Gasteiger partial charge in [0, 0.05) is 12.1 Å². The van der Waals surface area contributed by atoms with E-state index in [0.717, 1.165) is 30.8 Å². The Morgan fingerprint density at radius 3 is 2.74 bits per heavy atom. The molecule has 1 aromatic carbocycles. The number of nitrogen functional groups attached to an aromatic ring is 1. The van der Waals surface area contributed by atoms with Crippen LogP contribution in [0, 0.1) is 6.92 Å². The first-order valence-corrected chi connectivity index (χ1v) is 6.60. The van der Waals surface area contributed by atoms with Gasteiger partial charge >= 0.3 is 0 Å². The van der Waals surface area contributed by atoms with Gasteiger partial charge in [0.2, 0.25) is 0 Å². The lowest BCUT2D eigenvalue weighted by molar-refractivity contribution is 0.901. The Hall–Kier alpha value is -2.10. The third-order valence-electron chi connectivity index (χ3n) is 3.19. The Bertz CT molecular complexity index is 552. The normalized spacial score (nSPS) is 10.4. The molecule has 0 bridgehead atoms. The van der Waals surface area contributed by atoms with E-state index in [-0.39, 0.29) is 0 Å². The molecule has 0 atom stereocenters. The summed E-state index contributed by atoms with van der Waals surface area (Å²) in [4.78, 5) is 8.36. The minimum Gasteiger partial charge on any atom is -0.383 e. The second-order valence-corrected chi connectivity index (χ2v) is 4.62. The number of anilines is 2. The molecule has 4 heteroatoms. The van der Waals surface area contributed by atoms with Crippen LogP contribution in [-0.2, 0) is 13.0 Å². The van der Waals surface area contributed by atoms with Crippen molar-refractivity contribution in [3.63, 3.8) is 0 Å².